The van der Waals surface area contributed by atoms with Crippen molar-refractivity contribution in [2.24, 2.45) is 0 Å². The Balaban J connectivity index is 1.73. The smallest absolute Gasteiger partial charge is 0.272 e. The number of H-pyrrole nitrogens is 1. The van der Waals surface area contributed by atoms with Crippen molar-refractivity contribution in [3.05, 3.63) is 53.7 Å². The number of nitrogens with zero attached hydrogens (tertiary/aromatic N) is 1. The summed E-state index contributed by atoms with van der Waals surface area (Å²) >= 11 is 0. The van der Waals surface area contributed by atoms with Gasteiger partial charge in [0.25, 0.3) is 5.82 Å². The molecule has 1 aromatic heterocycles. The van der Waals surface area contributed by atoms with Crippen molar-refractivity contribution in [2.45, 2.75) is 31.2 Å². The maximum atomic E-state index is 12.7. The average Bonchev–Trinajstić information content (AvgIpc) is 2.68. The molecule has 1 atom stereocenters. The molecule has 0 amide bonds. The first-order valence-electron chi connectivity index (χ1n) is 8.93. The molecule has 0 spiro atoms. The lowest BCUT2D eigenvalue weighted by Crippen LogP contribution is -2.40. The van der Waals surface area contributed by atoms with Gasteiger partial charge in [0.05, 0.1) is 13.2 Å². The minimum absolute atomic E-state index is 0.161. The maximum Gasteiger partial charge on any atom is 0.272 e. The number of pyridine rings is 1. The summed E-state index contributed by atoms with van der Waals surface area (Å²) in [5.41, 5.74) is 2.43. The fourth-order valence-electron chi connectivity index (χ4n) is 3.00. The molecule has 1 aliphatic heterocycles. The van der Waals surface area contributed by atoms with Gasteiger partial charge in [0, 0.05) is 19.2 Å². The minimum atomic E-state index is -3.48. The summed E-state index contributed by atoms with van der Waals surface area (Å²) in [6.07, 6.45) is 2.47. The number of rotatable bonds is 6. The van der Waals surface area contributed by atoms with Crippen molar-refractivity contribution >= 4 is 15.8 Å². The summed E-state index contributed by atoms with van der Waals surface area (Å²) in [6, 6.07) is 12.0. The third-order valence-corrected chi connectivity index (χ3v) is 6.50. The third kappa shape index (κ3) is 4.23. The zero-order chi connectivity index (χ0) is 18.6. The summed E-state index contributed by atoms with van der Waals surface area (Å²) in [4.78, 5) is 3.35. The van der Waals surface area contributed by atoms with Gasteiger partial charge in [-0.1, -0.05) is 36.8 Å². The highest BCUT2D eigenvalue weighted by Crippen LogP contribution is 2.22. The van der Waals surface area contributed by atoms with E-state index in [4.69, 9.17) is 4.74 Å². The molecule has 7 heteroatoms. The summed E-state index contributed by atoms with van der Waals surface area (Å²) in [7, 11) is -3.48. The van der Waals surface area contributed by atoms with E-state index in [1.54, 1.807) is 18.3 Å². The standard InChI is InChI=1S/C19H25N3O3S/c1-3-18(16-6-4-15(2)5-7-16)21-19-9-8-17(14-20-19)26(23,24)22-10-12-25-13-11-22/h4-9,14,18H,3,10-13H2,1-2H3,(H,20,21)/p+1/t18-/m0/s1. The summed E-state index contributed by atoms with van der Waals surface area (Å²) < 4.78 is 32.0. The van der Waals surface area contributed by atoms with Crippen LogP contribution in [0.2, 0.25) is 0 Å². The largest absolute Gasteiger partial charge is 0.379 e. The Morgan fingerprint density at radius 3 is 2.42 bits per heavy atom. The average molecular weight is 377 g/mol. The van der Waals surface area contributed by atoms with Crippen molar-refractivity contribution in [3.8, 4) is 0 Å². The Labute approximate surface area is 155 Å². The maximum absolute atomic E-state index is 12.7. The Hall–Kier alpha value is -1.96. The van der Waals surface area contributed by atoms with Crippen LogP contribution in [0.5, 0.6) is 0 Å². The van der Waals surface area contributed by atoms with Crippen LogP contribution in [0.15, 0.2) is 47.5 Å². The number of ether oxygens (including phenoxy) is 1. The zero-order valence-electron chi connectivity index (χ0n) is 15.2. The summed E-state index contributed by atoms with van der Waals surface area (Å²) in [5.74, 6) is 0.790. The van der Waals surface area contributed by atoms with Gasteiger partial charge < -0.3 is 4.74 Å². The molecule has 26 heavy (non-hydrogen) atoms. The first-order chi connectivity index (χ1) is 12.5. The Morgan fingerprint density at radius 1 is 1.15 bits per heavy atom. The number of aromatic amines is 1. The van der Waals surface area contributed by atoms with Crippen molar-refractivity contribution in [3.63, 3.8) is 0 Å². The molecule has 0 radical (unpaired) electrons. The van der Waals surface area contributed by atoms with Gasteiger partial charge in [-0.05, 0) is 25.0 Å². The van der Waals surface area contributed by atoms with Crippen LogP contribution in [0.25, 0.3) is 0 Å². The van der Waals surface area contributed by atoms with Crippen LogP contribution >= 0.6 is 0 Å². The van der Waals surface area contributed by atoms with Crippen LogP contribution in [-0.2, 0) is 14.8 Å². The number of hydrogen-bond donors (Lipinski definition) is 1. The van der Waals surface area contributed by atoms with Gasteiger partial charge in [0.15, 0.2) is 0 Å². The summed E-state index contributed by atoms with van der Waals surface area (Å²) in [6.45, 7) is 5.87. The molecular formula is C19H26N3O3S+. The van der Waals surface area contributed by atoms with Crippen LogP contribution in [0.1, 0.15) is 30.5 Å². The van der Waals surface area contributed by atoms with Crippen molar-refractivity contribution in [1.29, 1.82) is 0 Å². The second-order valence-corrected chi connectivity index (χ2v) is 8.41. The molecule has 0 aliphatic carbocycles. The molecule has 2 aromatic rings. The Kier molecular flexibility index (Phi) is 5.90. The van der Waals surface area contributed by atoms with Crippen molar-refractivity contribution in [2.75, 3.05) is 31.6 Å². The molecule has 1 aromatic carbocycles. The number of hydrogen-bond acceptors (Lipinski definition) is 4. The number of morpholine rings is 1. The molecule has 1 aliphatic rings. The molecule has 0 saturated carbocycles. The van der Waals surface area contributed by atoms with E-state index in [-0.39, 0.29) is 10.9 Å². The highest BCUT2D eigenvalue weighted by Gasteiger charge is 2.27. The molecule has 0 bridgehead atoms. The number of benzene rings is 1. The number of sulfonamides is 1. The van der Waals surface area contributed by atoms with E-state index in [0.29, 0.717) is 26.3 Å². The normalized spacial score (nSPS) is 17.0. The van der Waals surface area contributed by atoms with Gasteiger partial charge in [-0.15, -0.1) is 0 Å². The van der Waals surface area contributed by atoms with Crippen molar-refractivity contribution in [1.82, 2.24) is 4.31 Å². The van der Waals surface area contributed by atoms with E-state index >= 15 is 0 Å². The fourth-order valence-corrected chi connectivity index (χ4v) is 4.38. The number of aryl methyl sites for hydroxylation is 1. The van der Waals surface area contributed by atoms with Crippen LogP contribution in [0, 0.1) is 6.92 Å². The molecule has 2 heterocycles. The lowest BCUT2D eigenvalue weighted by Gasteiger charge is -2.25. The quantitative estimate of drug-likeness (QED) is 0.840. The predicted octanol–water partition coefficient (Wildman–Crippen LogP) is 2.39. The monoisotopic (exact) mass is 376 g/mol. The third-order valence-electron chi connectivity index (χ3n) is 4.61. The topological polar surface area (TPSA) is 72.8 Å². The first kappa shape index (κ1) is 18.8. The van der Waals surface area contributed by atoms with Gasteiger partial charge >= 0.3 is 0 Å². The second-order valence-electron chi connectivity index (χ2n) is 6.47. The molecule has 140 valence electrons. The van der Waals surface area contributed by atoms with Gasteiger partial charge in [-0.3, -0.25) is 5.32 Å². The molecule has 2 N–H and O–H groups in total. The van der Waals surface area contributed by atoms with Crippen molar-refractivity contribution < 1.29 is 18.1 Å². The lowest BCUT2D eigenvalue weighted by atomic mass is 10.0. The molecular weight excluding hydrogens is 350 g/mol. The highest BCUT2D eigenvalue weighted by molar-refractivity contribution is 7.89. The zero-order valence-corrected chi connectivity index (χ0v) is 16.1. The highest BCUT2D eigenvalue weighted by atomic mass is 32.2. The van der Waals surface area contributed by atoms with Gasteiger partial charge in [-0.25, -0.2) is 13.4 Å². The molecule has 3 rings (SSSR count). The number of aromatic nitrogens is 1. The van der Waals surface area contributed by atoms with E-state index in [9.17, 15) is 8.42 Å². The molecule has 6 nitrogen and oxygen atoms in total. The predicted molar refractivity (Wildman–Crippen MR) is 100 cm³/mol. The lowest BCUT2D eigenvalue weighted by molar-refractivity contribution is -0.364. The van der Waals surface area contributed by atoms with E-state index < -0.39 is 10.0 Å². The Bertz CT molecular complexity index is 814. The van der Waals surface area contributed by atoms with Gasteiger partial charge in [-0.2, -0.15) is 4.31 Å². The molecule has 1 fully saturated rings. The number of nitrogens with one attached hydrogen (secondary N) is 2. The van der Waals surface area contributed by atoms with Crippen LogP contribution in [-0.4, -0.2) is 39.0 Å². The van der Waals surface area contributed by atoms with Gasteiger partial charge in [0.1, 0.15) is 17.1 Å². The minimum Gasteiger partial charge on any atom is -0.379 e. The fraction of sp³-hybridized carbons (Fsp3) is 0.421. The SMILES string of the molecule is CC[C@H](Nc1ccc(S(=O)(=O)N2CCOCC2)c[nH+]1)c1ccc(C)cc1. The van der Waals surface area contributed by atoms with Gasteiger partial charge in [0.2, 0.25) is 10.0 Å². The van der Waals surface area contributed by atoms with Crippen LogP contribution in [0.4, 0.5) is 5.82 Å². The first-order valence-corrected chi connectivity index (χ1v) is 10.4. The molecule has 0 unspecified atom stereocenters. The summed E-state index contributed by atoms with van der Waals surface area (Å²) in [5, 5.41) is 3.44. The Morgan fingerprint density at radius 2 is 1.85 bits per heavy atom. The van der Waals surface area contributed by atoms with E-state index in [0.717, 1.165) is 12.2 Å². The van der Waals surface area contributed by atoms with Crippen LogP contribution < -0.4 is 10.3 Å². The van der Waals surface area contributed by atoms with E-state index in [1.807, 2.05) is 0 Å². The molecule has 1 saturated heterocycles. The van der Waals surface area contributed by atoms with E-state index in [1.165, 1.54) is 15.4 Å². The second kappa shape index (κ2) is 8.16. The van der Waals surface area contributed by atoms with Crippen LogP contribution in [0.3, 0.4) is 0 Å². The van der Waals surface area contributed by atoms with E-state index in [2.05, 4.69) is 48.4 Å². The number of anilines is 1.